The molecule has 1 aromatic carbocycles. The van der Waals surface area contributed by atoms with Crippen molar-refractivity contribution in [3.8, 4) is 0 Å². The number of rotatable bonds is 6. The number of amides is 1. The molecule has 1 atom stereocenters. The number of hydrogen-bond donors (Lipinski definition) is 1. The zero-order valence-electron chi connectivity index (χ0n) is 16.2. The lowest BCUT2D eigenvalue weighted by atomic mass is 10.0. The fourth-order valence-electron chi connectivity index (χ4n) is 3.64. The Balaban J connectivity index is 1.50. The molecule has 1 unspecified atom stereocenters. The Morgan fingerprint density at radius 3 is 2.71 bits per heavy atom. The normalized spacial score (nSPS) is 16.2. The van der Waals surface area contributed by atoms with Gasteiger partial charge in [0, 0.05) is 32.0 Å². The van der Waals surface area contributed by atoms with Crippen LogP contribution in [0.5, 0.6) is 0 Å². The number of aryl methyl sites for hydroxylation is 1. The van der Waals surface area contributed by atoms with Crippen LogP contribution < -0.4 is 5.32 Å². The summed E-state index contributed by atoms with van der Waals surface area (Å²) in [7, 11) is 0. The second kappa shape index (κ2) is 8.54. The van der Waals surface area contributed by atoms with Crippen molar-refractivity contribution in [2.24, 2.45) is 0 Å². The molecule has 0 bridgehead atoms. The topological polar surface area (TPSA) is 58.9 Å². The summed E-state index contributed by atoms with van der Waals surface area (Å²) >= 11 is 0. The number of hydrogen-bond acceptors (Lipinski definition) is 4. The largest absolute Gasteiger partial charge is 0.379 e. The van der Waals surface area contributed by atoms with E-state index in [0.29, 0.717) is 5.69 Å². The third kappa shape index (κ3) is 4.24. The molecule has 1 saturated heterocycles. The molecule has 0 spiro atoms. The van der Waals surface area contributed by atoms with Crippen molar-refractivity contribution in [2.75, 3.05) is 32.8 Å². The van der Waals surface area contributed by atoms with E-state index in [1.165, 1.54) is 0 Å². The molecule has 6 nitrogen and oxygen atoms in total. The molecule has 0 radical (unpaired) electrons. The van der Waals surface area contributed by atoms with E-state index < -0.39 is 0 Å². The highest BCUT2D eigenvalue weighted by Gasteiger charge is 2.20. The van der Waals surface area contributed by atoms with Crippen LogP contribution in [0.3, 0.4) is 0 Å². The second-order valence-electron chi connectivity index (χ2n) is 7.23. The summed E-state index contributed by atoms with van der Waals surface area (Å²) in [6.45, 7) is 6.38. The predicted octanol–water partition coefficient (Wildman–Crippen LogP) is 2.84. The van der Waals surface area contributed by atoms with E-state index in [-0.39, 0.29) is 11.9 Å². The Hall–Kier alpha value is -2.70. The van der Waals surface area contributed by atoms with E-state index in [4.69, 9.17) is 4.74 Å². The van der Waals surface area contributed by atoms with Gasteiger partial charge in [-0.3, -0.25) is 9.69 Å². The van der Waals surface area contributed by atoms with Gasteiger partial charge >= 0.3 is 0 Å². The Morgan fingerprint density at radius 1 is 1.18 bits per heavy atom. The van der Waals surface area contributed by atoms with Crippen LogP contribution in [-0.2, 0) is 4.74 Å². The van der Waals surface area contributed by atoms with Crippen molar-refractivity contribution in [1.29, 1.82) is 0 Å². The number of carbonyl (C=O) groups excluding carboxylic acids is 1. The first-order chi connectivity index (χ1) is 13.7. The molecule has 1 aliphatic rings. The number of pyridine rings is 1. The molecule has 1 N–H and O–H groups in total. The van der Waals surface area contributed by atoms with Crippen LogP contribution in [0.2, 0.25) is 0 Å². The van der Waals surface area contributed by atoms with Crippen LogP contribution in [0.15, 0.2) is 54.9 Å². The Labute approximate surface area is 165 Å². The Morgan fingerprint density at radius 2 is 1.96 bits per heavy atom. The molecule has 6 heteroatoms. The van der Waals surface area contributed by atoms with Gasteiger partial charge in [-0.15, -0.1) is 0 Å². The van der Waals surface area contributed by atoms with Gasteiger partial charge in [0.15, 0.2) is 0 Å². The van der Waals surface area contributed by atoms with E-state index in [0.717, 1.165) is 56.0 Å². The lowest BCUT2D eigenvalue weighted by Gasteiger charge is -2.28. The lowest BCUT2D eigenvalue weighted by Crippen LogP contribution is -2.39. The lowest BCUT2D eigenvalue weighted by molar-refractivity contribution is 0.0360. The molecule has 3 heterocycles. The van der Waals surface area contributed by atoms with Crippen molar-refractivity contribution in [2.45, 2.75) is 19.4 Å². The minimum absolute atomic E-state index is 0.0533. The fraction of sp³-hybridized carbons (Fsp3) is 0.364. The zero-order valence-corrected chi connectivity index (χ0v) is 16.2. The maximum atomic E-state index is 12.9. The number of ether oxygens (including phenoxy) is 1. The second-order valence-corrected chi connectivity index (χ2v) is 7.23. The highest BCUT2D eigenvalue weighted by molar-refractivity contribution is 5.93. The minimum Gasteiger partial charge on any atom is -0.379 e. The van der Waals surface area contributed by atoms with Gasteiger partial charge in [-0.2, -0.15) is 0 Å². The first-order valence-corrected chi connectivity index (χ1v) is 9.81. The van der Waals surface area contributed by atoms with Crippen LogP contribution in [0.1, 0.15) is 34.1 Å². The van der Waals surface area contributed by atoms with Crippen LogP contribution >= 0.6 is 0 Å². The van der Waals surface area contributed by atoms with Gasteiger partial charge in [0.1, 0.15) is 11.3 Å². The van der Waals surface area contributed by atoms with Gasteiger partial charge in [-0.25, -0.2) is 4.98 Å². The number of nitrogens with zero attached hydrogens (tertiary/aromatic N) is 3. The summed E-state index contributed by atoms with van der Waals surface area (Å²) in [5.74, 6) is -0.140. The average molecular weight is 378 g/mol. The molecule has 1 aliphatic heterocycles. The SMILES string of the molecule is Cc1cccn2cc(C(=O)NC(CCN3CCOCC3)c3ccccc3)nc12. The van der Waals surface area contributed by atoms with Gasteiger partial charge < -0.3 is 14.5 Å². The summed E-state index contributed by atoms with van der Waals surface area (Å²) in [6.07, 6.45) is 4.56. The summed E-state index contributed by atoms with van der Waals surface area (Å²) in [6, 6.07) is 14.1. The summed E-state index contributed by atoms with van der Waals surface area (Å²) < 4.78 is 7.33. The minimum atomic E-state index is -0.140. The Kier molecular flexibility index (Phi) is 5.69. The van der Waals surface area contributed by atoms with Crippen molar-refractivity contribution < 1.29 is 9.53 Å². The van der Waals surface area contributed by atoms with Crippen molar-refractivity contribution in [3.05, 3.63) is 71.7 Å². The van der Waals surface area contributed by atoms with Crippen LogP contribution in [-0.4, -0.2) is 53.0 Å². The molecular formula is C22H26N4O2. The van der Waals surface area contributed by atoms with Gasteiger partial charge in [0.25, 0.3) is 5.91 Å². The number of imidazole rings is 1. The van der Waals surface area contributed by atoms with Gasteiger partial charge in [-0.1, -0.05) is 36.4 Å². The predicted molar refractivity (Wildman–Crippen MR) is 108 cm³/mol. The van der Waals surface area contributed by atoms with Crippen LogP contribution in [0, 0.1) is 6.92 Å². The van der Waals surface area contributed by atoms with Crippen molar-refractivity contribution in [1.82, 2.24) is 19.6 Å². The maximum absolute atomic E-state index is 12.9. The molecule has 1 amide bonds. The number of carbonyl (C=O) groups is 1. The molecule has 0 saturated carbocycles. The monoisotopic (exact) mass is 378 g/mol. The first kappa shape index (κ1) is 18.7. The fourth-order valence-corrected chi connectivity index (χ4v) is 3.64. The number of morpholine rings is 1. The number of nitrogens with one attached hydrogen (secondary N) is 1. The molecular weight excluding hydrogens is 352 g/mol. The third-order valence-corrected chi connectivity index (χ3v) is 5.26. The average Bonchev–Trinajstić information content (AvgIpc) is 3.18. The standard InChI is InChI=1S/C22H26N4O2/c1-17-6-5-10-26-16-20(23-21(17)26)22(27)24-19(18-7-3-2-4-8-18)9-11-25-12-14-28-15-13-25/h2-8,10,16,19H,9,11-15H2,1H3,(H,24,27). The highest BCUT2D eigenvalue weighted by Crippen LogP contribution is 2.19. The molecule has 1 fully saturated rings. The van der Waals surface area contributed by atoms with Gasteiger partial charge in [0.05, 0.1) is 19.3 Å². The summed E-state index contributed by atoms with van der Waals surface area (Å²) in [4.78, 5) is 19.9. The van der Waals surface area contributed by atoms with Crippen LogP contribution in [0.25, 0.3) is 5.65 Å². The quantitative estimate of drug-likeness (QED) is 0.717. The number of aromatic nitrogens is 2. The number of fused-ring (bicyclic) bond motifs is 1. The molecule has 28 heavy (non-hydrogen) atoms. The van der Waals surface area contributed by atoms with Gasteiger partial charge in [0.2, 0.25) is 0 Å². The van der Waals surface area contributed by atoms with Gasteiger partial charge in [-0.05, 0) is 30.5 Å². The van der Waals surface area contributed by atoms with E-state index >= 15 is 0 Å². The molecule has 3 aromatic rings. The van der Waals surface area contributed by atoms with Crippen LogP contribution in [0.4, 0.5) is 0 Å². The maximum Gasteiger partial charge on any atom is 0.271 e. The van der Waals surface area contributed by atoms with E-state index in [2.05, 4.69) is 27.3 Å². The van der Waals surface area contributed by atoms with E-state index in [1.807, 2.05) is 47.9 Å². The first-order valence-electron chi connectivity index (χ1n) is 9.81. The van der Waals surface area contributed by atoms with E-state index in [1.54, 1.807) is 6.20 Å². The smallest absolute Gasteiger partial charge is 0.271 e. The zero-order chi connectivity index (χ0) is 19.3. The van der Waals surface area contributed by atoms with Crippen molar-refractivity contribution >= 4 is 11.6 Å². The summed E-state index contributed by atoms with van der Waals surface area (Å²) in [5.41, 5.74) is 3.43. The third-order valence-electron chi connectivity index (χ3n) is 5.26. The number of benzene rings is 1. The molecule has 146 valence electrons. The van der Waals surface area contributed by atoms with E-state index in [9.17, 15) is 4.79 Å². The molecule has 2 aromatic heterocycles. The molecule has 4 rings (SSSR count). The molecule has 0 aliphatic carbocycles. The summed E-state index contributed by atoms with van der Waals surface area (Å²) in [5, 5.41) is 3.20. The Bertz CT molecular complexity index is 932. The van der Waals surface area contributed by atoms with Crippen molar-refractivity contribution in [3.63, 3.8) is 0 Å². The highest BCUT2D eigenvalue weighted by atomic mass is 16.5.